The Hall–Kier alpha value is -1.66. The SMILES string of the molecule is C[C@H]1CN(C(=O)CCCc2cccs2)CCN1C(=O)CCCc1cccs1. The number of amides is 2. The summed E-state index contributed by atoms with van der Waals surface area (Å²) in [5.74, 6) is 0.451. The van der Waals surface area contributed by atoms with Crippen molar-refractivity contribution in [3.63, 3.8) is 0 Å². The average molecular weight is 405 g/mol. The standard InChI is InChI=1S/C21H28N2O2S2/c1-17-16-22(20(24)10-2-6-18-8-4-14-26-18)12-13-23(17)21(25)11-3-7-19-9-5-15-27-19/h4-5,8-9,14-15,17H,2-3,6-7,10-13,16H2,1H3/t17-/m0/s1. The first kappa shape index (κ1) is 20.1. The van der Waals surface area contributed by atoms with Crippen molar-refractivity contribution in [2.24, 2.45) is 0 Å². The zero-order valence-corrected chi connectivity index (χ0v) is 17.6. The van der Waals surface area contributed by atoms with Gasteiger partial charge in [0, 0.05) is 48.3 Å². The molecule has 6 heteroatoms. The number of piperazine rings is 1. The van der Waals surface area contributed by atoms with E-state index in [1.807, 2.05) is 9.80 Å². The Morgan fingerprint density at radius 1 is 0.963 bits per heavy atom. The monoisotopic (exact) mass is 404 g/mol. The van der Waals surface area contributed by atoms with Gasteiger partial charge in [-0.25, -0.2) is 0 Å². The van der Waals surface area contributed by atoms with Crippen LogP contribution >= 0.6 is 22.7 Å². The van der Waals surface area contributed by atoms with Crippen LogP contribution in [-0.2, 0) is 22.4 Å². The largest absolute Gasteiger partial charge is 0.339 e. The molecule has 1 fully saturated rings. The van der Waals surface area contributed by atoms with Crippen LogP contribution in [0.4, 0.5) is 0 Å². The highest BCUT2D eigenvalue weighted by molar-refractivity contribution is 7.10. The molecule has 0 radical (unpaired) electrons. The number of aryl methyl sites for hydroxylation is 2. The van der Waals surface area contributed by atoms with Gasteiger partial charge < -0.3 is 9.80 Å². The van der Waals surface area contributed by atoms with Crippen molar-refractivity contribution in [1.29, 1.82) is 0 Å². The molecule has 0 spiro atoms. The summed E-state index contributed by atoms with van der Waals surface area (Å²) in [5.41, 5.74) is 0. The maximum Gasteiger partial charge on any atom is 0.222 e. The molecule has 0 saturated carbocycles. The second kappa shape index (κ2) is 10.0. The molecule has 0 aromatic carbocycles. The van der Waals surface area contributed by atoms with Gasteiger partial charge in [-0.2, -0.15) is 0 Å². The van der Waals surface area contributed by atoms with Crippen LogP contribution in [0.5, 0.6) is 0 Å². The predicted octanol–water partition coefficient (Wildman–Crippen LogP) is 4.21. The molecule has 2 aromatic heterocycles. The van der Waals surface area contributed by atoms with Gasteiger partial charge in [-0.1, -0.05) is 12.1 Å². The van der Waals surface area contributed by atoms with Crippen molar-refractivity contribution in [3.8, 4) is 0 Å². The number of hydrogen-bond acceptors (Lipinski definition) is 4. The summed E-state index contributed by atoms with van der Waals surface area (Å²) in [7, 11) is 0. The summed E-state index contributed by atoms with van der Waals surface area (Å²) in [5, 5.41) is 4.16. The van der Waals surface area contributed by atoms with Crippen molar-refractivity contribution < 1.29 is 9.59 Å². The summed E-state index contributed by atoms with van der Waals surface area (Å²) >= 11 is 3.50. The van der Waals surface area contributed by atoms with Crippen LogP contribution in [0, 0.1) is 0 Å². The molecule has 3 rings (SSSR count). The highest BCUT2D eigenvalue weighted by Crippen LogP contribution is 2.17. The maximum atomic E-state index is 12.5. The first-order valence-electron chi connectivity index (χ1n) is 9.75. The van der Waals surface area contributed by atoms with E-state index in [0.29, 0.717) is 32.5 Å². The Morgan fingerprint density at radius 2 is 1.56 bits per heavy atom. The molecule has 27 heavy (non-hydrogen) atoms. The topological polar surface area (TPSA) is 40.6 Å². The number of carbonyl (C=O) groups is 2. The Kier molecular flexibility index (Phi) is 7.47. The molecular weight excluding hydrogens is 376 g/mol. The fourth-order valence-corrected chi connectivity index (χ4v) is 5.10. The summed E-state index contributed by atoms with van der Waals surface area (Å²) in [6.07, 6.45) is 4.93. The average Bonchev–Trinajstić information content (AvgIpc) is 3.35. The number of thiophene rings is 2. The molecule has 2 amide bonds. The van der Waals surface area contributed by atoms with Crippen LogP contribution in [0.2, 0.25) is 0 Å². The molecule has 3 heterocycles. The van der Waals surface area contributed by atoms with Crippen LogP contribution in [0.15, 0.2) is 35.0 Å². The predicted molar refractivity (Wildman–Crippen MR) is 112 cm³/mol. The zero-order chi connectivity index (χ0) is 19.1. The second-order valence-electron chi connectivity index (χ2n) is 7.14. The van der Waals surface area contributed by atoms with Gasteiger partial charge in [0.05, 0.1) is 0 Å². The van der Waals surface area contributed by atoms with Gasteiger partial charge in [0.15, 0.2) is 0 Å². The molecule has 0 unspecified atom stereocenters. The van der Waals surface area contributed by atoms with Gasteiger partial charge in [-0.15, -0.1) is 22.7 Å². The second-order valence-corrected chi connectivity index (χ2v) is 9.21. The number of carbonyl (C=O) groups excluding carboxylic acids is 2. The number of rotatable bonds is 8. The molecule has 0 N–H and O–H groups in total. The molecule has 1 atom stereocenters. The lowest BCUT2D eigenvalue weighted by molar-refractivity contribution is -0.142. The fourth-order valence-electron chi connectivity index (χ4n) is 3.59. The molecule has 1 saturated heterocycles. The molecule has 4 nitrogen and oxygen atoms in total. The molecule has 0 bridgehead atoms. The van der Waals surface area contributed by atoms with Crippen molar-refractivity contribution in [3.05, 3.63) is 44.8 Å². The Bertz CT molecular complexity index is 713. The van der Waals surface area contributed by atoms with E-state index in [4.69, 9.17) is 0 Å². The first-order chi connectivity index (χ1) is 13.1. The minimum atomic E-state index is 0.106. The zero-order valence-electron chi connectivity index (χ0n) is 15.9. The third-order valence-electron chi connectivity index (χ3n) is 5.09. The summed E-state index contributed by atoms with van der Waals surface area (Å²) in [4.78, 5) is 31.6. The summed E-state index contributed by atoms with van der Waals surface area (Å²) < 4.78 is 0. The number of nitrogens with zero attached hydrogens (tertiary/aromatic N) is 2. The van der Waals surface area contributed by atoms with Crippen LogP contribution in [0.25, 0.3) is 0 Å². The smallest absolute Gasteiger partial charge is 0.222 e. The van der Waals surface area contributed by atoms with E-state index in [-0.39, 0.29) is 17.9 Å². The van der Waals surface area contributed by atoms with Gasteiger partial charge >= 0.3 is 0 Å². The lowest BCUT2D eigenvalue weighted by Gasteiger charge is -2.40. The summed E-state index contributed by atoms with van der Waals surface area (Å²) in [6.45, 7) is 4.05. The van der Waals surface area contributed by atoms with Crippen LogP contribution in [-0.4, -0.2) is 47.3 Å². The van der Waals surface area contributed by atoms with Crippen LogP contribution in [0.3, 0.4) is 0 Å². The van der Waals surface area contributed by atoms with E-state index in [9.17, 15) is 9.59 Å². The van der Waals surface area contributed by atoms with Gasteiger partial charge in [-0.3, -0.25) is 9.59 Å². The minimum Gasteiger partial charge on any atom is -0.339 e. The van der Waals surface area contributed by atoms with Gasteiger partial charge in [0.25, 0.3) is 0 Å². The first-order valence-corrected chi connectivity index (χ1v) is 11.5. The molecule has 0 aliphatic carbocycles. The maximum absolute atomic E-state index is 12.5. The molecular formula is C21H28N2O2S2. The Balaban J connectivity index is 1.37. The highest BCUT2D eigenvalue weighted by atomic mass is 32.1. The Morgan fingerprint density at radius 3 is 2.07 bits per heavy atom. The Labute approximate surface area is 169 Å². The fraction of sp³-hybridized carbons (Fsp3) is 0.524. The van der Waals surface area contributed by atoms with Crippen LogP contribution < -0.4 is 0 Å². The van der Waals surface area contributed by atoms with E-state index < -0.39 is 0 Å². The molecule has 1 aliphatic heterocycles. The van der Waals surface area contributed by atoms with E-state index in [0.717, 1.165) is 25.7 Å². The van der Waals surface area contributed by atoms with Crippen molar-refractivity contribution >= 4 is 34.5 Å². The van der Waals surface area contributed by atoms with Crippen molar-refractivity contribution in [2.45, 2.75) is 51.5 Å². The van der Waals surface area contributed by atoms with E-state index in [2.05, 4.69) is 41.9 Å². The molecule has 1 aliphatic rings. The van der Waals surface area contributed by atoms with E-state index >= 15 is 0 Å². The highest BCUT2D eigenvalue weighted by Gasteiger charge is 2.29. The summed E-state index contributed by atoms with van der Waals surface area (Å²) in [6, 6.07) is 8.47. The quantitative estimate of drug-likeness (QED) is 0.661. The van der Waals surface area contributed by atoms with Crippen molar-refractivity contribution in [1.82, 2.24) is 9.80 Å². The third kappa shape index (κ3) is 5.91. The van der Waals surface area contributed by atoms with Gasteiger partial charge in [0.2, 0.25) is 11.8 Å². The minimum absolute atomic E-state index is 0.106. The lowest BCUT2D eigenvalue weighted by atomic mass is 10.1. The molecule has 2 aromatic rings. The van der Waals surface area contributed by atoms with Gasteiger partial charge in [0.1, 0.15) is 0 Å². The van der Waals surface area contributed by atoms with E-state index in [1.54, 1.807) is 22.7 Å². The third-order valence-corrected chi connectivity index (χ3v) is 6.96. The van der Waals surface area contributed by atoms with Crippen LogP contribution in [0.1, 0.15) is 42.4 Å². The van der Waals surface area contributed by atoms with Gasteiger partial charge in [-0.05, 0) is 55.5 Å². The normalized spacial score (nSPS) is 17.3. The molecule has 146 valence electrons. The van der Waals surface area contributed by atoms with E-state index in [1.165, 1.54) is 9.75 Å². The lowest BCUT2D eigenvalue weighted by Crippen LogP contribution is -2.55. The van der Waals surface area contributed by atoms with Crippen molar-refractivity contribution in [2.75, 3.05) is 19.6 Å². The number of hydrogen-bond donors (Lipinski definition) is 0.